The highest BCUT2D eigenvalue weighted by Crippen LogP contribution is 2.33. The SMILES string of the molecule is O=C(NCc1nnc(SCc2ccccc2)n1-c1cc(Cl)ccc1Cl)c1ccc2c(c1)OCO2. The van der Waals surface area contributed by atoms with Crippen molar-refractivity contribution in [1.82, 2.24) is 20.1 Å². The maximum atomic E-state index is 12.8. The number of thioether (sulfide) groups is 1. The smallest absolute Gasteiger partial charge is 0.251 e. The van der Waals surface area contributed by atoms with E-state index in [1.165, 1.54) is 11.8 Å². The van der Waals surface area contributed by atoms with Crippen molar-refractivity contribution < 1.29 is 14.3 Å². The van der Waals surface area contributed by atoms with E-state index in [9.17, 15) is 4.79 Å². The molecule has 4 aromatic rings. The minimum atomic E-state index is -0.275. The van der Waals surface area contributed by atoms with Crippen LogP contribution in [0, 0.1) is 0 Å². The third-order valence-electron chi connectivity index (χ3n) is 5.10. The highest BCUT2D eigenvalue weighted by molar-refractivity contribution is 7.98. The second-order valence-electron chi connectivity index (χ2n) is 7.35. The summed E-state index contributed by atoms with van der Waals surface area (Å²) in [6.07, 6.45) is 0. The fraction of sp³-hybridized carbons (Fsp3) is 0.125. The number of hydrogen-bond acceptors (Lipinski definition) is 6. The van der Waals surface area contributed by atoms with Gasteiger partial charge in [0, 0.05) is 16.3 Å². The Morgan fingerprint density at radius 3 is 2.68 bits per heavy atom. The molecule has 1 amide bonds. The molecule has 1 aliphatic rings. The Hall–Kier alpha value is -3.20. The number of carbonyl (C=O) groups excluding carboxylic acids is 1. The van der Waals surface area contributed by atoms with Gasteiger partial charge >= 0.3 is 0 Å². The molecule has 0 unspecified atom stereocenters. The zero-order chi connectivity index (χ0) is 23.5. The first-order valence-corrected chi connectivity index (χ1v) is 12.1. The third kappa shape index (κ3) is 4.84. The van der Waals surface area contributed by atoms with Crippen LogP contribution in [0.1, 0.15) is 21.7 Å². The van der Waals surface area contributed by atoms with Gasteiger partial charge in [-0.05, 0) is 42.0 Å². The summed E-state index contributed by atoms with van der Waals surface area (Å²) in [6.45, 7) is 0.280. The Morgan fingerprint density at radius 1 is 1.00 bits per heavy atom. The number of fused-ring (bicyclic) bond motifs is 1. The molecule has 0 fully saturated rings. The van der Waals surface area contributed by atoms with Crippen LogP contribution < -0.4 is 14.8 Å². The van der Waals surface area contributed by atoms with Gasteiger partial charge in [0.1, 0.15) is 0 Å². The number of amides is 1. The van der Waals surface area contributed by atoms with Crippen LogP contribution in [0.2, 0.25) is 10.0 Å². The molecule has 34 heavy (non-hydrogen) atoms. The first kappa shape index (κ1) is 22.6. The fourth-order valence-corrected chi connectivity index (χ4v) is 4.72. The predicted octanol–water partition coefficient (Wildman–Crippen LogP) is 5.53. The molecule has 0 radical (unpaired) electrons. The molecule has 0 saturated carbocycles. The fourth-order valence-electron chi connectivity index (χ4n) is 3.43. The quantitative estimate of drug-likeness (QED) is 0.328. The number of hydrogen-bond donors (Lipinski definition) is 1. The van der Waals surface area contributed by atoms with Gasteiger partial charge in [0.15, 0.2) is 22.5 Å². The molecule has 5 rings (SSSR count). The molecule has 3 aromatic carbocycles. The lowest BCUT2D eigenvalue weighted by atomic mass is 10.2. The van der Waals surface area contributed by atoms with Gasteiger partial charge in [-0.25, -0.2) is 0 Å². The molecular weight excluding hydrogens is 495 g/mol. The number of carbonyl (C=O) groups is 1. The van der Waals surface area contributed by atoms with Gasteiger partial charge in [-0.1, -0.05) is 65.3 Å². The molecule has 1 aliphatic heterocycles. The first-order valence-electron chi connectivity index (χ1n) is 10.3. The number of ether oxygens (including phenoxy) is 2. The Bertz CT molecular complexity index is 1350. The van der Waals surface area contributed by atoms with Crippen LogP contribution in [0.4, 0.5) is 0 Å². The lowest BCUT2D eigenvalue weighted by molar-refractivity contribution is 0.0949. The molecule has 0 aliphatic carbocycles. The van der Waals surface area contributed by atoms with Gasteiger partial charge in [0.05, 0.1) is 17.3 Å². The summed E-state index contributed by atoms with van der Waals surface area (Å²) >= 11 is 14.3. The summed E-state index contributed by atoms with van der Waals surface area (Å²) in [7, 11) is 0. The van der Waals surface area contributed by atoms with Crippen molar-refractivity contribution in [2.75, 3.05) is 6.79 Å². The molecule has 7 nitrogen and oxygen atoms in total. The van der Waals surface area contributed by atoms with E-state index in [2.05, 4.69) is 15.5 Å². The van der Waals surface area contributed by atoms with Crippen LogP contribution in [-0.4, -0.2) is 27.5 Å². The summed E-state index contributed by atoms with van der Waals surface area (Å²) in [6, 6.07) is 20.3. The zero-order valence-corrected chi connectivity index (χ0v) is 20.0. The summed E-state index contributed by atoms with van der Waals surface area (Å²) in [5.41, 5.74) is 2.24. The van der Waals surface area contributed by atoms with E-state index < -0.39 is 0 Å². The average Bonchev–Trinajstić information content (AvgIpc) is 3.49. The van der Waals surface area contributed by atoms with Gasteiger partial charge in [0.2, 0.25) is 6.79 Å². The number of halogens is 2. The van der Waals surface area contributed by atoms with Gasteiger partial charge in [-0.2, -0.15) is 0 Å². The minimum absolute atomic E-state index is 0.134. The van der Waals surface area contributed by atoms with Crippen LogP contribution in [0.5, 0.6) is 11.5 Å². The van der Waals surface area contributed by atoms with Gasteiger partial charge in [0.25, 0.3) is 5.91 Å². The van der Waals surface area contributed by atoms with Crippen LogP contribution in [0.3, 0.4) is 0 Å². The van der Waals surface area contributed by atoms with Gasteiger partial charge in [-0.3, -0.25) is 9.36 Å². The summed E-state index contributed by atoms with van der Waals surface area (Å²) in [5, 5.41) is 13.3. The van der Waals surface area contributed by atoms with E-state index in [1.807, 2.05) is 34.9 Å². The van der Waals surface area contributed by atoms with E-state index in [0.29, 0.717) is 49.5 Å². The molecule has 10 heteroatoms. The van der Waals surface area contributed by atoms with Crippen molar-refractivity contribution in [2.24, 2.45) is 0 Å². The monoisotopic (exact) mass is 512 g/mol. The van der Waals surface area contributed by atoms with Crippen molar-refractivity contribution in [2.45, 2.75) is 17.5 Å². The molecule has 1 aromatic heterocycles. The molecule has 1 N–H and O–H groups in total. The highest BCUT2D eigenvalue weighted by Gasteiger charge is 2.20. The Kier molecular flexibility index (Phi) is 6.62. The maximum absolute atomic E-state index is 12.8. The van der Waals surface area contributed by atoms with E-state index in [-0.39, 0.29) is 19.2 Å². The normalized spacial score (nSPS) is 12.1. The number of nitrogens with zero attached hydrogens (tertiary/aromatic N) is 3. The van der Waals surface area contributed by atoms with E-state index in [4.69, 9.17) is 32.7 Å². The second kappa shape index (κ2) is 9.97. The van der Waals surface area contributed by atoms with E-state index >= 15 is 0 Å². The molecule has 0 spiro atoms. The Labute approximate surface area is 210 Å². The summed E-state index contributed by atoms with van der Waals surface area (Å²) in [5.74, 6) is 2.10. The van der Waals surface area contributed by atoms with Crippen molar-refractivity contribution >= 4 is 40.9 Å². The summed E-state index contributed by atoms with van der Waals surface area (Å²) < 4.78 is 12.5. The second-order valence-corrected chi connectivity index (χ2v) is 9.14. The van der Waals surface area contributed by atoms with Crippen molar-refractivity contribution in [3.05, 3.63) is 93.7 Å². The average molecular weight is 513 g/mol. The minimum Gasteiger partial charge on any atom is -0.454 e. The number of aromatic nitrogens is 3. The lowest BCUT2D eigenvalue weighted by Gasteiger charge is -2.13. The molecule has 172 valence electrons. The zero-order valence-electron chi connectivity index (χ0n) is 17.7. The standard InChI is InChI=1S/C24H18Cl2N4O3S/c25-17-7-8-18(26)19(11-17)30-22(28-29-24(30)34-13-15-4-2-1-3-5-15)12-27-23(31)16-6-9-20-21(10-16)33-14-32-20/h1-11H,12-14H2,(H,27,31). The van der Waals surface area contributed by atoms with E-state index in [0.717, 1.165) is 5.56 Å². The molecule has 0 bridgehead atoms. The van der Waals surface area contributed by atoms with Crippen molar-refractivity contribution in [3.8, 4) is 17.2 Å². The van der Waals surface area contributed by atoms with Crippen LogP contribution in [0.25, 0.3) is 5.69 Å². The van der Waals surface area contributed by atoms with E-state index in [1.54, 1.807) is 36.4 Å². The molecule has 2 heterocycles. The molecule has 0 atom stereocenters. The first-order chi connectivity index (χ1) is 16.6. The Balaban J connectivity index is 1.40. The number of rotatable bonds is 7. The van der Waals surface area contributed by atoms with Gasteiger partial charge in [-0.15, -0.1) is 10.2 Å². The van der Waals surface area contributed by atoms with Crippen molar-refractivity contribution in [1.29, 1.82) is 0 Å². The van der Waals surface area contributed by atoms with Crippen LogP contribution in [-0.2, 0) is 12.3 Å². The topological polar surface area (TPSA) is 78.3 Å². The molecular formula is C24H18Cl2N4O3S. The predicted molar refractivity (Wildman–Crippen MR) is 131 cm³/mol. The largest absolute Gasteiger partial charge is 0.454 e. The van der Waals surface area contributed by atoms with Gasteiger partial charge < -0.3 is 14.8 Å². The molecule has 0 saturated heterocycles. The lowest BCUT2D eigenvalue weighted by Crippen LogP contribution is -2.24. The Morgan fingerprint density at radius 2 is 1.82 bits per heavy atom. The number of benzene rings is 3. The van der Waals surface area contributed by atoms with Crippen LogP contribution >= 0.6 is 35.0 Å². The number of nitrogens with one attached hydrogen (secondary N) is 1. The van der Waals surface area contributed by atoms with Crippen molar-refractivity contribution in [3.63, 3.8) is 0 Å². The summed E-state index contributed by atoms with van der Waals surface area (Å²) in [4.78, 5) is 12.8. The highest BCUT2D eigenvalue weighted by atomic mass is 35.5. The third-order valence-corrected chi connectivity index (χ3v) is 6.66. The van der Waals surface area contributed by atoms with Crippen LogP contribution in [0.15, 0.2) is 71.9 Å². The maximum Gasteiger partial charge on any atom is 0.251 e.